The molecule has 0 spiro atoms. The summed E-state index contributed by atoms with van der Waals surface area (Å²) in [5.41, 5.74) is 2.41. The van der Waals surface area contributed by atoms with Crippen LogP contribution in [0.25, 0.3) is 0 Å². The van der Waals surface area contributed by atoms with E-state index in [1.807, 2.05) is 17.7 Å². The zero-order chi connectivity index (χ0) is 12.3. The van der Waals surface area contributed by atoms with Crippen LogP contribution < -0.4 is 0 Å². The summed E-state index contributed by atoms with van der Waals surface area (Å²) in [5.74, 6) is -0.00370. The molecule has 0 fully saturated rings. The highest BCUT2D eigenvalue weighted by Gasteiger charge is 2.14. The highest BCUT2D eigenvalue weighted by molar-refractivity contribution is 6.99. The maximum atomic E-state index is 11.9. The van der Waals surface area contributed by atoms with Crippen LogP contribution in [0.2, 0.25) is 0 Å². The summed E-state index contributed by atoms with van der Waals surface area (Å²) >= 11 is 1.05. The molecule has 2 aromatic rings. The van der Waals surface area contributed by atoms with Gasteiger partial charge >= 0.3 is 0 Å². The average molecular weight is 250 g/mol. The number of Topliss-reactive ketones (excluding diaryl/α,β-unsaturated/α-hetero) is 1. The maximum absolute atomic E-state index is 11.9. The largest absolute Gasteiger partial charge is 0.292 e. The van der Waals surface area contributed by atoms with Crippen LogP contribution in [0.5, 0.6) is 0 Å². The molecule has 0 N–H and O–H groups in total. The van der Waals surface area contributed by atoms with Crippen LogP contribution in [0.1, 0.15) is 35.7 Å². The molecule has 17 heavy (non-hydrogen) atoms. The van der Waals surface area contributed by atoms with Gasteiger partial charge < -0.3 is 0 Å². The van der Waals surface area contributed by atoms with E-state index in [0.29, 0.717) is 12.1 Å². The third-order valence-corrected chi connectivity index (χ3v) is 3.04. The molecule has 0 bridgehead atoms. The zero-order valence-corrected chi connectivity index (χ0v) is 10.7. The van der Waals surface area contributed by atoms with Crippen LogP contribution in [0, 0.1) is 0 Å². The molecule has 6 heteroatoms. The second-order valence-electron chi connectivity index (χ2n) is 3.69. The van der Waals surface area contributed by atoms with Gasteiger partial charge in [0.05, 0.1) is 30.0 Å². The number of hydrogen-bond acceptors (Lipinski definition) is 5. The summed E-state index contributed by atoms with van der Waals surface area (Å²) in [6.07, 6.45) is 2.74. The van der Waals surface area contributed by atoms with Crippen LogP contribution in [0.4, 0.5) is 0 Å². The fourth-order valence-electron chi connectivity index (χ4n) is 1.65. The van der Waals surface area contributed by atoms with Crippen molar-refractivity contribution in [1.82, 2.24) is 18.5 Å². The molecular formula is C11H14N4OS. The first-order valence-electron chi connectivity index (χ1n) is 5.61. The Balaban J connectivity index is 2.18. The van der Waals surface area contributed by atoms with E-state index in [-0.39, 0.29) is 5.78 Å². The summed E-state index contributed by atoms with van der Waals surface area (Å²) < 4.78 is 9.65. The van der Waals surface area contributed by atoms with Gasteiger partial charge in [-0.2, -0.15) is 13.8 Å². The SMILES string of the molecule is CCc1cc(CC(=O)c2cnsn2)n(CC)n1. The summed E-state index contributed by atoms with van der Waals surface area (Å²) in [6.45, 7) is 4.85. The van der Waals surface area contributed by atoms with Gasteiger partial charge in [-0.1, -0.05) is 6.92 Å². The van der Waals surface area contributed by atoms with Gasteiger partial charge in [0, 0.05) is 12.2 Å². The molecule has 0 saturated heterocycles. The summed E-state index contributed by atoms with van der Waals surface area (Å²) in [7, 11) is 0. The Kier molecular flexibility index (Phi) is 3.63. The Morgan fingerprint density at radius 2 is 2.29 bits per heavy atom. The minimum atomic E-state index is -0.00370. The number of hydrogen-bond donors (Lipinski definition) is 0. The highest BCUT2D eigenvalue weighted by Crippen LogP contribution is 2.09. The van der Waals surface area contributed by atoms with Crippen LogP contribution in [0.15, 0.2) is 12.3 Å². The second-order valence-corrected chi connectivity index (χ2v) is 4.25. The molecule has 2 heterocycles. The molecule has 0 unspecified atom stereocenters. The van der Waals surface area contributed by atoms with E-state index in [1.165, 1.54) is 6.20 Å². The fraction of sp³-hybridized carbons (Fsp3) is 0.455. The Bertz CT molecular complexity index is 504. The van der Waals surface area contributed by atoms with Crippen molar-refractivity contribution in [2.24, 2.45) is 0 Å². The number of aryl methyl sites for hydroxylation is 2. The molecule has 0 saturated carbocycles. The minimum absolute atomic E-state index is 0.00370. The van der Waals surface area contributed by atoms with Crippen LogP contribution in [0.3, 0.4) is 0 Å². The Hall–Kier alpha value is -1.56. The smallest absolute Gasteiger partial charge is 0.189 e. The first-order chi connectivity index (χ1) is 8.24. The molecule has 5 nitrogen and oxygen atoms in total. The van der Waals surface area contributed by atoms with Crippen molar-refractivity contribution in [3.8, 4) is 0 Å². The number of carbonyl (C=O) groups is 1. The third-order valence-electron chi connectivity index (χ3n) is 2.56. The van der Waals surface area contributed by atoms with Gasteiger partial charge in [0.25, 0.3) is 0 Å². The van der Waals surface area contributed by atoms with Crippen molar-refractivity contribution in [1.29, 1.82) is 0 Å². The molecule has 0 aliphatic carbocycles. The number of nitrogens with zero attached hydrogens (tertiary/aromatic N) is 4. The summed E-state index contributed by atoms with van der Waals surface area (Å²) in [4.78, 5) is 11.9. The van der Waals surface area contributed by atoms with Gasteiger partial charge in [0.2, 0.25) is 0 Å². The van der Waals surface area contributed by atoms with E-state index in [2.05, 4.69) is 20.8 Å². The van der Waals surface area contributed by atoms with Gasteiger partial charge in [-0.3, -0.25) is 9.48 Å². The van der Waals surface area contributed by atoms with Crippen LogP contribution >= 0.6 is 11.7 Å². The number of aromatic nitrogens is 4. The molecule has 0 aliphatic rings. The van der Waals surface area contributed by atoms with Crippen molar-refractivity contribution >= 4 is 17.5 Å². The topological polar surface area (TPSA) is 60.7 Å². The number of ketones is 1. The van der Waals surface area contributed by atoms with Gasteiger partial charge in [-0.05, 0) is 19.4 Å². The molecule has 0 aromatic carbocycles. The fourth-order valence-corrected chi connectivity index (χ4v) is 2.08. The Morgan fingerprint density at radius 3 is 2.88 bits per heavy atom. The van der Waals surface area contributed by atoms with E-state index >= 15 is 0 Å². The normalized spacial score (nSPS) is 10.7. The van der Waals surface area contributed by atoms with Crippen molar-refractivity contribution in [2.75, 3.05) is 0 Å². The van der Waals surface area contributed by atoms with E-state index in [9.17, 15) is 4.79 Å². The monoisotopic (exact) mass is 250 g/mol. The first-order valence-corrected chi connectivity index (χ1v) is 6.34. The second kappa shape index (κ2) is 5.18. The predicted molar refractivity (Wildman–Crippen MR) is 65.2 cm³/mol. The standard InChI is InChI=1S/C11H14N4OS/c1-3-8-5-9(15(4-2)13-8)6-11(16)10-7-12-17-14-10/h5,7H,3-4,6H2,1-2H3. The molecule has 90 valence electrons. The lowest BCUT2D eigenvalue weighted by Gasteiger charge is -2.01. The lowest BCUT2D eigenvalue weighted by molar-refractivity contribution is 0.0986. The zero-order valence-electron chi connectivity index (χ0n) is 9.88. The minimum Gasteiger partial charge on any atom is -0.292 e. The third kappa shape index (κ3) is 2.58. The number of carbonyl (C=O) groups excluding carboxylic acids is 1. The molecule has 0 atom stereocenters. The molecule has 0 aliphatic heterocycles. The molecule has 2 aromatic heterocycles. The maximum Gasteiger partial charge on any atom is 0.189 e. The Morgan fingerprint density at radius 1 is 1.47 bits per heavy atom. The highest BCUT2D eigenvalue weighted by atomic mass is 32.1. The van der Waals surface area contributed by atoms with Crippen molar-refractivity contribution in [3.63, 3.8) is 0 Å². The van der Waals surface area contributed by atoms with E-state index in [0.717, 1.165) is 36.1 Å². The van der Waals surface area contributed by atoms with E-state index in [4.69, 9.17) is 0 Å². The van der Waals surface area contributed by atoms with Gasteiger partial charge in [0.15, 0.2) is 5.78 Å². The molecule has 0 radical (unpaired) electrons. The number of rotatable bonds is 5. The predicted octanol–water partition coefficient (Wildman–Crippen LogP) is 1.74. The molecular weight excluding hydrogens is 236 g/mol. The van der Waals surface area contributed by atoms with Crippen LogP contribution in [-0.4, -0.2) is 24.3 Å². The lowest BCUT2D eigenvalue weighted by atomic mass is 10.1. The summed E-state index contributed by atoms with van der Waals surface area (Å²) in [6, 6.07) is 1.99. The van der Waals surface area contributed by atoms with Crippen molar-refractivity contribution in [3.05, 3.63) is 29.3 Å². The molecule has 0 amide bonds. The summed E-state index contributed by atoms with van der Waals surface area (Å²) in [5, 5.41) is 4.41. The van der Waals surface area contributed by atoms with Crippen molar-refractivity contribution in [2.45, 2.75) is 33.2 Å². The average Bonchev–Trinajstić information content (AvgIpc) is 2.97. The first kappa shape index (κ1) is 11.9. The van der Waals surface area contributed by atoms with Gasteiger partial charge in [-0.25, -0.2) is 0 Å². The quantitative estimate of drug-likeness (QED) is 0.758. The van der Waals surface area contributed by atoms with Crippen molar-refractivity contribution < 1.29 is 4.79 Å². The van der Waals surface area contributed by atoms with Gasteiger partial charge in [-0.15, -0.1) is 0 Å². The Labute approximate surface area is 104 Å². The van der Waals surface area contributed by atoms with E-state index in [1.54, 1.807) is 0 Å². The van der Waals surface area contributed by atoms with Gasteiger partial charge in [0.1, 0.15) is 5.69 Å². The van der Waals surface area contributed by atoms with Crippen LogP contribution in [-0.2, 0) is 19.4 Å². The van der Waals surface area contributed by atoms with E-state index < -0.39 is 0 Å². The molecule has 2 rings (SSSR count). The lowest BCUT2D eigenvalue weighted by Crippen LogP contribution is -2.09.